The lowest BCUT2D eigenvalue weighted by molar-refractivity contribution is 0.0588. The smallest absolute Gasteiger partial charge is 0.359 e. The first kappa shape index (κ1) is 18.0. The van der Waals surface area contributed by atoms with Crippen LogP contribution >= 0.6 is 11.8 Å². The number of methoxy groups -OCH3 is 1. The summed E-state index contributed by atoms with van der Waals surface area (Å²) in [6, 6.07) is 10.2. The van der Waals surface area contributed by atoms with E-state index in [1.807, 2.05) is 6.07 Å². The molecule has 0 saturated carbocycles. The first-order chi connectivity index (χ1) is 11.3. The van der Waals surface area contributed by atoms with Crippen LogP contribution in [-0.2, 0) is 15.9 Å². The van der Waals surface area contributed by atoms with Gasteiger partial charge in [-0.1, -0.05) is 56.8 Å². The standard InChI is InChI=1S/C18H19N3O2S/c1-18(2,3)13-7-5-12(6-8-13)11-24-16-15(17(22)23-4)21-14(9-19)10-20-16/h5-8,10H,11H2,1-4H3. The molecule has 0 aliphatic rings. The van der Waals surface area contributed by atoms with Crippen molar-refractivity contribution in [2.45, 2.75) is 37.0 Å². The number of nitriles is 1. The maximum absolute atomic E-state index is 11.8. The fourth-order valence-electron chi connectivity index (χ4n) is 2.02. The Morgan fingerprint density at radius 1 is 1.29 bits per heavy atom. The number of carbonyl (C=O) groups excluding carboxylic acids is 1. The molecule has 0 unspecified atom stereocenters. The van der Waals surface area contributed by atoms with Crippen molar-refractivity contribution in [3.05, 3.63) is 53.0 Å². The van der Waals surface area contributed by atoms with E-state index in [1.165, 1.54) is 30.6 Å². The molecule has 0 radical (unpaired) electrons. The minimum absolute atomic E-state index is 0.0767. The van der Waals surface area contributed by atoms with Gasteiger partial charge < -0.3 is 4.74 Å². The van der Waals surface area contributed by atoms with Gasteiger partial charge in [-0.05, 0) is 16.5 Å². The van der Waals surface area contributed by atoms with Gasteiger partial charge in [0, 0.05) is 5.75 Å². The van der Waals surface area contributed by atoms with Gasteiger partial charge in [-0.3, -0.25) is 0 Å². The second-order valence-corrected chi connectivity index (χ2v) is 7.21. The molecule has 0 fully saturated rings. The van der Waals surface area contributed by atoms with E-state index in [2.05, 4.69) is 55.0 Å². The molecule has 0 bridgehead atoms. The second kappa shape index (κ2) is 7.45. The lowest BCUT2D eigenvalue weighted by Gasteiger charge is -2.19. The minimum Gasteiger partial charge on any atom is -0.464 e. The maximum atomic E-state index is 11.8. The summed E-state index contributed by atoms with van der Waals surface area (Å²) in [7, 11) is 1.28. The number of benzene rings is 1. The summed E-state index contributed by atoms with van der Waals surface area (Å²) >= 11 is 1.39. The van der Waals surface area contributed by atoms with Crippen LogP contribution in [0.4, 0.5) is 0 Å². The number of aromatic nitrogens is 2. The van der Waals surface area contributed by atoms with Crippen molar-refractivity contribution in [2.24, 2.45) is 0 Å². The Labute approximate surface area is 146 Å². The quantitative estimate of drug-likeness (QED) is 0.623. The van der Waals surface area contributed by atoms with Gasteiger partial charge in [0.1, 0.15) is 11.1 Å². The van der Waals surface area contributed by atoms with Crippen molar-refractivity contribution >= 4 is 17.7 Å². The Kier molecular flexibility index (Phi) is 5.58. The van der Waals surface area contributed by atoms with E-state index in [1.54, 1.807) is 0 Å². The molecule has 1 aromatic carbocycles. The molecule has 0 aliphatic heterocycles. The van der Waals surface area contributed by atoms with E-state index in [4.69, 9.17) is 10.00 Å². The average Bonchev–Trinajstić information content (AvgIpc) is 2.58. The van der Waals surface area contributed by atoms with Crippen molar-refractivity contribution in [3.63, 3.8) is 0 Å². The van der Waals surface area contributed by atoms with Gasteiger partial charge in [0.25, 0.3) is 0 Å². The fourth-order valence-corrected chi connectivity index (χ4v) is 2.91. The first-order valence-corrected chi connectivity index (χ1v) is 8.41. The zero-order chi connectivity index (χ0) is 17.7. The highest BCUT2D eigenvalue weighted by molar-refractivity contribution is 7.98. The number of ether oxygens (including phenoxy) is 1. The molecule has 0 spiro atoms. The second-order valence-electron chi connectivity index (χ2n) is 6.25. The SMILES string of the molecule is COC(=O)c1nc(C#N)cnc1SCc1ccc(C(C)(C)C)cc1. The van der Waals surface area contributed by atoms with Gasteiger partial charge in [-0.15, -0.1) is 0 Å². The van der Waals surface area contributed by atoms with Crippen LogP contribution in [0.15, 0.2) is 35.5 Å². The Hall–Kier alpha value is -2.39. The molecular formula is C18H19N3O2S. The molecule has 1 heterocycles. The van der Waals surface area contributed by atoms with E-state index in [-0.39, 0.29) is 16.8 Å². The molecule has 0 atom stereocenters. The monoisotopic (exact) mass is 341 g/mol. The summed E-state index contributed by atoms with van der Waals surface area (Å²) in [5.74, 6) is 0.0554. The van der Waals surface area contributed by atoms with Gasteiger partial charge in [-0.25, -0.2) is 14.8 Å². The Bertz CT molecular complexity index is 774. The third-order valence-corrected chi connectivity index (χ3v) is 4.48. The van der Waals surface area contributed by atoms with E-state index < -0.39 is 5.97 Å². The molecule has 124 valence electrons. The Balaban J connectivity index is 2.17. The van der Waals surface area contributed by atoms with E-state index in [0.717, 1.165) is 5.56 Å². The van der Waals surface area contributed by atoms with Crippen molar-refractivity contribution in [1.82, 2.24) is 9.97 Å². The molecule has 0 amide bonds. The van der Waals surface area contributed by atoms with E-state index in [0.29, 0.717) is 10.8 Å². The van der Waals surface area contributed by atoms with Crippen molar-refractivity contribution in [3.8, 4) is 6.07 Å². The first-order valence-electron chi connectivity index (χ1n) is 7.43. The highest BCUT2D eigenvalue weighted by atomic mass is 32.2. The predicted molar refractivity (Wildman–Crippen MR) is 92.8 cm³/mol. The lowest BCUT2D eigenvalue weighted by atomic mass is 9.87. The number of hydrogen-bond acceptors (Lipinski definition) is 6. The van der Waals surface area contributed by atoms with Gasteiger partial charge in [0.15, 0.2) is 11.4 Å². The number of nitrogens with zero attached hydrogens (tertiary/aromatic N) is 3. The lowest BCUT2D eigenvalue weighted by Crippen LogP contribution is -2.10. The zero-order valence-corrected chi connectivity index (χ0v) is 15.0. The summed E-state index contributed by atoms with van der Waals surface area (Å²) in [5, 5.41) is 9.35. The highest BCUT2D eigenvalue weighted by Gasteiger charge is 2.17. The third kappa shape index (κ3) is 4.33. The van der Waals surface area contributed by atoms with Crippen LogP contribution in [0.5, 0.6) is 0 Å². The van der Waals surface area contributed by atoms with Crippen LogP contribution in [0.1, 0.15) is 48.1 Å². The summed E-state index contributed by atoms with van der Waals surface area (Å²) < 4.78 is 4.72. The van der Waals surface area contributed by atoms with Gasteiger partial charge >= 0.3 is 5.97 Å². The van der Waals surface area contributed by atoms with Gasteiger partial charge in [-0.2, -0.15) is 5.26 Å². The van der Waals surface area contributed by atoms with Crippen molar-refractivity contribution < 1.29 is 9.53 Å². The molecule has 0 aliphatic carbocycles. The van der Waals surface area contributed by atoms with Crippen LogP contribution < -0.4 is 0 Å². The fraction of sp³-hybridized carbons (Fsp3) is 0.333. The molecule has 0 saturated heterocycles. The van der Waals surface area contributed by atoms with E-state index >= 15 is 0 Å². The van der Waals surface area contributed by atoms with Crippen LogP contribution in [0, 0.1) is 11.3 Å². The third-order valence-electron chi connectivity index (χ3n) is 3.43. The molecule has 6 heteroatoms. The number of thioether (sulfide) groups is 1. The molecule has 2 rings (SSSR count). The molecular weight excluding hydrogens is 322 g/mol. The number of hydrogen-bond donors (Lipinski definition) is 0. The largest absolute Gasteiger partial charge is 0.464 e. The van der Waals surface area contributed by atoms with E-state index in [9.17, 15) is 4.79 Å². The van der Waals surface area contributed by atoms with Gasteiger partial charge in [0.2, 0.25) is 0 Å². The summed E-state index contributed by atoms with van der Waals surface area (Å²) in [4.78, 5) is 20.0. The molecule has 0 N–H and O–H groups in total. The number of rotatable bonds is 4. The zero-order valence-electron chi connectivity index (χ0n) is 14.2. The molecule has 1 aromatic heterocycles. The highest BCUT2D eigenvalue weighted by Crippen LogP contribution is 2.26. The van der Waals surface area contributed by atoms with Gasteiger partial charge in [0.05, 0.1) is 13.3 Å². The van der Waals surface area contributed by atoms with Crippen LogP contribution in [0.2, 0.25) is 0 Å². The summed E-state index contributed by atoms with van der Waals surface area (Å²) in [6.45, 7) is 6.52. The topological polar surface area (TPSA) is 75.9 Å². The minimum atomic E-state index is -0.592. The van der Waals surface area contributed by atoms with Crippen LogP contribution in [0.25, 0.3) is 0 Å². The Morgan fingerprint density at radius 3 is 2.50 bits per heavy atom. The van der Waals surface area contributed by atoms with Crippen molar-refractivity contribution in [1.29, 1.82) is 5.26 Å². The summed E-state index contributed by atoms with van der Waals surface area (Å²) in [6.07, 6.45) is 1.36. The summed E-state index contributed by atoms with van der Waals surface area (Å²) in [5.41, 5.74) is 2.67. The molecule has 24 heavy (non-hydrogen) atoms. The maximum Gasteiger partial charge on any atom is 0.359 e. The van der Waals surface area contributed by atoms with Crippen LogP contribution in [-0.4, -0.2) is 23.0 Å². The predicted octanol–water partition coefficient (Wildman–Crippen LogP) is 3.72. The number of carbonyl (C=O) groups is 1. The molecule has 5 nitrogen and oxygen atoms in total. The molecule has 2 aromatic rings. The normalized spacial score (nSPS) is 11.0. The van der Waals surface area contributed by atoms with Crippen molar-refractivity contribution in [2.75, 3.05) is 7.11 Å². The number of esters is 1. The average molecular weight is 341 g/mol. The van der Waals surface area contributed by atoms with Crippen LogP contribution in [0.3, 0.4) is 0 Å². The Morgan fingerprint density at radius 2 is 1.96 bits per heavy atom.